The van der Waals surface area contributed by atoms with Crippen molar-refractivity contribution in [1.29, 1.82) is 0 Å². The minimum Gasteiger partial charge on any atom is -0.322 e. The zero-order valence-electron chi connectivity index (χ0n) is 10.3. The van der Waals surface area contributed by atoms with Crippen molar-refractivity contribution < 1.29 is 13.6 Å². The van der Waals surface area contributed by atoms with Gasteiger partial charge in [-0.1, -0.05) is 16.7 Å². The summed E-state index contributed by atoms with van der Waals surface area (Å²) in [4.78, 5) is 14.5. The molecule has 8 heteroatoms. The molecular weight excluding hydrogens is 302 g/mol. The van der Waals surface area contributed by atoms with Crippen molar-refractivity contribution in [2.24, 2.45) is 5.11 Å². The molecule has 0 fully saturated rings. The Kier molecular flexibility index (Phi) is 4.37. The molecular formula is C13H7ClF2N4O. The minimum absolute atomic E-state index is 0.276. The number of carbonyl (C=O) groups is 1. The number of halogens is 3. The number of benzene rings is 2. The van der Waals surface area contributed by atoms with E-state index < -0.39 is 17.5 Å². The monoisotopic (exact) mass is 308 g/mol. The summed E-state index contributed by atoms with van der Waals surface area (Å²) in [5, 5.41) is 6.12. The molecule has 1 N–H and O–H groups in total. The highest BCUT2D eigenvalue weighted by Crippen LogP contribution is 2.24. The van der Waals surface area contributed by atoms with Crippen LogP contribution in [0.4, 0.5) is 20.2 Å². The lowest BCUT2D eigenvalue weighted by Crippen LogP contribution is -2.12. The van der Waals surface area contributed by atoms with Gasteiger partial charge < -0.3 is 5.32 Å². The number of rotatable bonds is 3. The van der Waals surface area contributed by atoms with Crippen LogP contribution in [0.1, 0.15) is 10.4 Å². The Hall–Kier alpha value is -2.63. The number of amides is 1. The second-order valence-corrected chi connectivity index (χ2v) is 4.37. The molecule has 106 valence electrons. The van der Waals surface area contributed by atoms with Crippen molar-refractivity contribution in [2.45, 2.75) is 0 Å². The molecule has 0 aliphatic carbocycles. The fourth-order valence-electron chi connectivity index (χ4n) is 1.58. The number of hydrogen-bond donors (Lipinski definition) is 1. The summed E-state index contributed by atoms with van der Waals surface area (Å²) < 4.78 is 26.4. The molecule has 21 heavy (non-hydrogen) atoms. The molecule has 0 unspecified atom stereocenters. The highest BCUT2D eigenvalue weighted by atomic mass is 35.5. The van der Waals surface area contributed by atoms with Crippen molar-refractivity contribution in [3.63, 3.8) is 0 Å². The Morgan fingerprint density at radius 2 is 1.81 bits per heavy atom. The molecule has 2 aromatic rings. The van der Waals surface area contributed by atoms with Crippen LogP contribution in [0.15, 0.2) is 41.5 Å². The van der Waals surface area contributed by atoms with E-state index in [1.165, 1.54) is 12.1 Å². The number of carbonyl (C=O) groups excluding carboxylic acids is 1. The number of anilines is 1. The quantitative estimate of drug-likeness (QED) is 0.493. The molecule has 1 amide bonds. The van der Waals surface area contributed by atoms with Gasteiger partial charge in [-0.2, -0.15) is 0 Å². The maximum atomic E-state index is 13.2. The summed E-state index contributed by atoms with van der Waals surface area (Å²) in [5.74, 6) is -3.16. The Balaban J connectivity index is 2.36. The van der Waals surface area contributed by atoms with Crippen LogP contribution in [0, 0.1) is 11.6 Å². The Bertz CT molecular complexity index is 743. The van der Waals surface area contributed by atoms with Gasteiger partial charge in [-0.25, -0.2) is 8.78 Å². The van der Waals surface area contributed by atoms with Crippen LogP contribution in [0.25, 0.3) is 10.4 Å². The topological polar surface area (TPSA) is 77.9 Å². The lowest BCUT2D eigenvalue weighted by molar-refractivity contribution is 0.102. The molecule has 0 atom stereocenters. The van der Waals surface area contributed by atoms with E-state index in [0.29, 0.717) is 22.8 Å². The Labute approximate surface area is 122 Å². The van der Waals surface area contributed by atoms with Gasteiger partial charge in [0.2, 0.25) is 0 Å². The van der Waals surface area contributed by atoms with Gasteiger partial charge in [0.1, 0.15) is 0 Å². The van der Waals surface area contributed by atoms with Crippen molar-refractivity contribution in [3.05, 3.63) is 69.1 Å². The standard InChI is InChI=1S/C13H7ClF2N4O/c14-7-1-3-8(4-2-7)18-13(21)9-5-10(15)11(16)6-12(9)19-20-17/h1-6H,(H,18,21). The van der Waals surface area contributed by atoms with Gasteiger partial charge in [0.15, 0.2) is 11.6 Å². The van der Waals surface area contributed by atoms with Gasteiger partial charge in [-0.3, -0.25) is 4.79 Å². The van der Waals surface area contributed by atoms with E-state index in [9.17, 15) is 13.6 Å². The van der Waals surface area contributed by atoms with Gasteiger partial charge >= 0.3 is 0 Å². The summed E-state index contributed by atoms with van der Waals surface area (Å²) >= 11 is 5.71. The van der Waals surface area contributed by atoms with E-state index >= 15 is 0 Å². The Morgan fingerprint density at radius 1 is 1.19 bits per heavy atom. The smallest absolute Gasteiger partial charge is 0.256 e. The Morgan fingerprint density at radius 3 is 2.43 bits per heavy atom. The lowest BCUT2D eigenvalue weighted by Gasteiger charge is -2.08. The molecule has 5 nitrogen and oxygen atoms in total. The second kappa shape index (κ2) is 6.21. The summed E-state index contributed by atoms with van der Waals surface area (Å²) in [7, 11) is 0. The first-order valence-electron chi connectivity index (χ1n) is 5.62. The summed E-state index contributed by atoms with van der Waals surface area (Å²) in [6, 6.07) is 7.50. The van der Waals surface area contributed by atoms with Gasteiger partial charge in [-0.05, 0) is 41.9 Å². The third-order valence-electron chi connectivity index (χ3n) is 2.54. The van der Waals surface area contributed by atoms with Crippen LogP contribution in [0.5, 0.6) is 0 Å². The number of nitrogens with zero attached hydrogens (tertiary/aromatic N) is 3. The van der Waals surface area contributed by atoms with E-state index in [0.717, 1.165) is 0 Å². The third kappa shape index (κ3) is 3.47. The van der Waals surface area contributed by atoms with Crippen molar-refractivity contribution in [1.82, 2.24) is 0 Å². The van der Waals surface area contributed by atoms with Gasteiger partial charge in [0, 0.05) is 15.6 Å². The van der Waals surface area contributed by atoms with Crippen molar-refractivity contribution in [3.8, 4) is 0 Å². The van der Waals surface area contributed by atoms with Gasteiger partial charge in [0.05, 0.1) is 11.3 Å². The molecule has 0 aromatic heterocycles. The first-order valence-corrected chi connectivity index (χ1v) is 6.00. The number of hydrogen-bond acceptors (Lipinski definition) is 2. The molecule has 2 rings (SSSR count). The maximum Gasteiger partial charge on any atom is 0.256 e. The first-order chi connectivity index (χ1) is 10.0. The van der Waals surface area contributed by atoms with Crippen LogP contribution >= 0.6 is 11.6 Å². The number of azide groups is 1. The zero-order valence-corrected chi connectivity index (χ0v) is 11.1. The molecule has 0 bridgehead atoms. The van der Waals surface area contributed by atoms with Crippen LogP contribution in [0.2, 0.25) is 5.02 Å². The zero-order chi connectivity index (χ0) is 15.4. The maximum absolute atomic E-state index is 13.2. The minimum atomic E-state index is -1.21. The molecule has 2 aromatic carbocycles. The van der Waals surface area contributed by atoms with Gasteiger partial charge in [-0.15, -0.1) is 0 Å². The average molecular weight is 309 g/mol. The molecule has 0 saturated heterocycles. The summed E-state index contributed by atoms with van der Waals surface area (Å²) in [5.41, 5.74) is 8.23. The van der Waals surface area contributed by atoms with E-state index in [1.807, 2.05) is 0 Å². The molecule has 0 saturated carbocycles. The molecule has 0 aliphatic rings. The fourth-order valence-corrected chi connectivity index (χ4v) is 1.71. The average Bonchev–Trinajstić information content (AvgIpc) is 2.45. The van der Waals surface area contributed by atoms with E-state index in [-0.39, 0.29) is 11.3 Å². The molecule has 0 spiro atoms. The van der Waals surface area contributed by atoms with Gasteiger partial charge in [0.25, 0.3) is 5.91 Å². The van der Waals surface area contributed by atoms with E-state index in [2.05, 4.69) is 15.3 Å². The molecule has 0 aliphatic heterocycles. The highest BCUT2D eigenvalue weighted by Gasteiger charge is 2.15. The van der Waals surface area contributed by atoms with Crippen molar-refractivity contribution >= 4 is 28.9 Å². The van der Waals surface area contributed by atoms with Crippen LogP contribution in [0.3, 0.4) is 0 Å². The second-order valence-electron chi connectivity index (χ2n) is 3.93. The van der Waals surface area contributed by atoms with E-state index in [1.54, 1.807) is 12.1 Å². The molecule has 0 heterocycles. The normalized spacial score (nSPS) is 9.86. The fraction of sp³-hybridized carbons (Fsp3) is 0. The highest BCUT2D eigenvalue weighted by molar-refractivity contribution is 6.30. The predicted octanol–water partition coefficient (Wildman–Crippen LogP) is 4.81. The predicted molar refractivity (Wildman–Crippen MR) is 74.6 cm³/mol. The summed E-state index contributed by atoms with van der Waals surface area (Å²) in [6.45, 7) is 0. The first kappa shape index (κ1) is 14.8. The molecule has 0 radical (unpaired) electrons. The van der Waals surface area contributed by atoms with Crippen LogP contribution < -0.4 is 5.32 Å². The SMILES string of the molecule is [N-]=[N+]=Nc1cc(F)c(F)cc1C(=O)Nc1ccc(Cl)cc1. The summed E-state index contributed by atoms with van der Waals surface area (Å²) in [6.07, 6.45) is 0. The number of nitrogens with one attached hydrogen (secondary N) is 1. The third-order valence-corrected chi connectivity index (χ3v) is 2.79. The van der Waals surface area contributed by atoms with Crippen molar-refractivity contribution in [2.75, 3.05) is 5.32 Å². The van der Waals surface area contributed by atoms with Crippen LogP contribution in [-0.2, 0) is 0 Å². The van der Waals surface area contributed by atoms with E-state index in [4.69, 9.17) is 17.1 Å². The van der Waals surface area contributed by atoms with Crippen LogP contribution in [-0.4, -0.2) is 5.91 Å². The lowest BCUT2D eigenvalue weighted by atomic mass is 10.1. The largest absolute Gasteiger partial charge is 0.322 e.